The highest BCUT2D eigenvalue weighted by atomic mass is 32.2. The Morgan fingerprint density at radius 3 is 2.50 bits per heavy atom. The van der Waals surface area contributed by atoms with Gasteiger partial charge in [0.15, 0.2) is 0 Å². The number of rotatable bonds is 2. The van der Waals surface area contributed by atoms with Crippen LogP contribution in [0.1, 0.15) is 12.0 Å². The lowest BCUT2D eigenvalue weighted by molar-refractivity contribution is 0.310. The molecule has 1 aromatic rings. The van der Waals surface area contributed by atoms with E-state index in [0.29, 0.717) is 22.3 Å². The summed E-state index contributed by atoms with van der Waals surface area (Å²) in [6.45, 7) is 3.10. The molecule has 0 aromatic carbocycles. The Balaban J connectivity index is 2.38. The van der Waals surface area contributed by atoms with E-state index in [1.54, 1.807) is 6.07 Å². The molecule has 0 radical (unpaired) electrons. The lowest BCUT2D eigenvalue weighted by Gasteiger charge is -2.28. The lowest BCUT2D eigenvalue weighted by atomic mass is 10.3. The number of hydrogen-bond acceptors (Lipinski definition) is 4. The maximum atomic E-state index is 11.9. The van der Waals surface area contributed by atoms with Crippen LogP contribution < -0.4 is 5.73 Å². The zero-order chi connectivity index (χ0) is 10.3. The Labute approximate surface area is 87.4 Å². The van der Waals surface area contributed by atoms with Crippen molar-refractivity contribution in [2.75, 3.05) is 18.8 Å². The van der Waals surface area contributed by atoms with Crippen LogP contribution in [0.3, 0.4) is 0 Å². The zero-order valence-corrected chi connectivity index (χ0v) is 9.49. The minimum absolute atomic E-state index is 0.368. The standard InChI is InChI=1S/C8H12N2O2S2/c1-6-5-7(13-8(6)9)14(11,12)10-3-2-4-10/h5H,2-4,9H2,1H3. The fourth-order valence-electron chi connectivity index (χ4n) is 1.25. The number of anilines is 1. The van der Waals surface area contributed by atoms with Gasteiger partial charge in [-0.3, -0.25) is 0 Å². The quantitative estimate of drug-likeness (QED) is 0.828. The number of nitrogens with zero attached hydrogens (tertiary/aromatic N) is 1. The van der Waals surface area contributed by atoms with Gasteiger partial charge < -0.3 is 5.73 Å². The minimum atomic E-state index is -3.23. The summed E-state index contributed by atoms with van der Waals surface area (Å²) in [5, 5.41) is 0.587. The average molecular weight is 232 g/mol. The second-order valence-electron chi connectivity index (χ2n) is 3.37. The predicted octanol–water partition coefficient (Wildman–Crippen LogP) is 1.03. The van der Waals surface area contributed by atoms with E-state index in [1.807, 2.05) is 6.92 Å². The van der Waals surface area contributed by atoms with Crippen LogP contribution in [0.4, 0.5) is 5.00 Å². The third-order valence-electron chi connectivity index (χ3n) is 2.34. The van der Waals surface area contributed by atoms with E-state index >= 15 is 0 Å². The summed E-state index contributed by atoms with van der Waals surface area (Å²) < 4.78 is 25.6. The van der Waals surface area contributed by atoms with Crippen LogP contribution >= 0.6 is 11.3 Å². The number of aryl methyl sites for hydroxylation is 1. The van der Waals surface area contributed by atoms with Gasteiger partial charge in [-0.1, -0.05) is 0 Å². The molecule has 1 aromatic heterocycles. The lowest BCUT2D eigenvalue weighted by Crippen LogP contribution is -2.41. The van der Waals surface area contributed by atoms with Gasteiger partial charge in [0.2, 0.25) is 0 Å². The van der Waals surface area contributed by atoms with Gasteiger partial charge in [0.25, 0.3) is 10.0 Å². The van der Waals surface area contributed by atoms with Crippen LogP contribution in [-0.2, 0) is 10.0 Å². The number of nitrogen functional groups attached to an aromatic ring is 1. The summed E-state index contributed by atoms with van der Waals surface area (Å²) in [5.74, 6) is 0. The molecule has 0 aliphatic carbocycles. The van der Waals surface area contributed by atoms with Crippen molar-refractivity contribution < 1.29 is 8.42 Å². The number of thiophene rings is 1. The predicted molar refractivity (Wildman–Crippen MR) is 56.8 cm³/mol. The third kappa shape index (κ3) is 1.43. The molecule has 1 aliphatic heterocycles. The van der Waals surface area contributed by atoms with Gasteiger partial charge in [-0.25, -0.2) is 8.42 Å². The molecule has 78 valence electrons. The molecule has 2 rings (SSSR count). The van der Waals surface area contributed by atoms with Crippen LogP contribution in [0.5, 0.6) is 0 Å². The monoisotopic (exact) mass is 232 g/mol. The van der Waals surface area contributed by atoms with Crippen molar-refractivity contribution in [2.45, 2.75) is 17.6 Å². The van der Waals surface area contributed by atoms with E-state index in [2.05, 4.69) is 0 Å². The van der Waals surface area contributed by atoms with Gasteiger partial charge >= 0.3 is 0 Å². The topological polar surface area (TPSA) is 63.4 Å². The summed E-state index contributed by atoms with van der Waals surface area (Å²) in [6.07, 6.45) is 0.957. The first kappa shape index (κ1) is 9.95. The Bertz CT molecular complexity index is 426. The molecular weight excluding hydrogens is 220 g/mol. The molecule has 0 spiro atoms. The summed E-state index contributed by atoms with van der Waals surface area (Å²) >= 11 is 1.15. The largest absolute Gasteiger partial charge is 0.390 e. The smallest absolute Gasteiger partial charge is 0.252 e. The molecule has 14 heavy (non-hydrogen) atoms. The fraction of sp³-hybridized carbons (Fsp3) is 0.500. The minimum Gasteiger partial charge on any atom is -0.390 e. The van der Waals surface area contributed by atoms with Crippen molar-refractivity contribution >= 4 is 26.4 Å². The molecule has 2 N–H and O–H groups in total. The molecule has 1 aliphatic rings. The van der Waals surface area contributed by atoms with Gasteiger partial charge in [-0.05, 0) is 25.0 Å². The molecule has 2 heterocycles. The maximum Gasteiger partial charge on any atom is 0.252 e. The Morgan fingerprint density at radius 2 is 2.14 bits per heavy atom. The van der Waals surface area contributed by atoms with E-state index < -0.39 is 10.0 Å². The van der Waals surface area contributed by atoms with Crippen LogP contribution in [-0.4, -0.2) is 25.8 Å². The van der Waals surface area contributed by atoms with Crippen molar-refractivity contribution in [3.05, 3.63) is 11.6 Å². The van der Waals surface area contributed by atoms with E-state index in [-0.39, 0.29) is 0 Å². The highest BCUT2D eigenvalue weighted by Crippen LogP contribution is 2.31. The number of hydrogen-bond donors (Lipinski definition) is 1. The van der Waals surface area contributed by atoms with E-state index in [0.717, 1.165) is 23.3 Å². The zero-order valence-electron chi connectivity index (χ0n) is 7.86. The molecular formula is C8H12N2O2S2. The number of sulfonamides is 1. The van der Waals surface area contributed by atoms with Crippen LogP contribution in [0.15, 0.2) is 10.3 Å². The third-order valence-corrected chi connectivity index (χ3v) is 5.76. The molecule has 0 unspecified atom stereocenters. The second-order valence-corrected chi connectivity index (χ2v) is 6.62. The summed E-state index contributed by atoms with van der Waals surface area (Å²) in [7, 11) is -3.23. The Morgan fingerprint density at radius 1 is 1.50 bits per heavy atom. The van der Waals surface area contributed by atoms with Crippen LogP contribution in [0.2, 0.25) is 0 Å². The molecule has 6 heteroatoms. The van der Waals surface area contributed by atoms with Gasteiger partial charge in [-0.2, -0.15) is 4.31 Å². The fourth-order valence-corrected chi connectivity index (χ4v) is 4.25. The van der Waals surface area contributed by atoms with Crippen LogP contribution in [0.25, 0.3) is 0 Å². The summed E-state index contributed by atoms with van der Waals surface area (Å²) in [5.41, 5.74) is 6.47. The first-order valence-corrected chi connectivity index (χ1v) is 6.63. The van der Waals surface area contributed by atoms with E-state index in [4.69, 9.17) is 5.73 Å². The van der Waals surface area contributed by atoms with Gasteiger partial charge in [0.05, 0.1) is 5.00 Å². The molecule has 0 bridgehead atoms. The van der Waals surface area contributed by atoms with Crippen molar-refractivity contribution in [1.29, 1.82) is 0 Å². The van der Waals surface area contributed by atoms with Crippen molar-refractivity contribution in [3.8, 4) is 0 Å². The van der Waals surface area contributed by atoms with E-state index in [1.165, 1.54) is 4.31 Å². The molecule has 0 atom stereocenters. The van der Waals surface area contributed by atoms with Gasteiger partial charge in [0, 0.05) is 13.1 Å². The first-order chi connectivity index (χ1) is 6.51. The van der Waals surface area contributed by atoms with Crippen molar-refractivity contribution in [1.82, 2.24) is 4.31 Å². The normalized spacial score (nSPS) is 18.1. The summed E-state index contributed by atoms with van der Waals surface area (Å²) in [4.78, 5) is 0. The maximum absolute atomic E-state index is 11.9. The average Bonchev–Trinajstić information content (AvgIpc) is 2.28. The number of nitrogens with two attached hydrogens (primary N) is 1. The highest BCUT2D eigenvalue weighted by molar-refractivity contribution is 7.91. The van der Waals surface area contributed by atoms with Gasteiger partial charge in [-0.15, -0.1) is 11.3 Å². The SMILES string of the molecule is Cc1cc(S(=O)(=O)N2CCC2)sc1N. The molecule has 0 amide bonds. The second kappa shape index (κ2) is 3.22. The Hall–Kier alpha value is -0.590. The summed E-state index contributed by atoms with van der Waals surface area (Å²) in [6, 6.07) is 1.65. The first-order valence-electron chi connectivity index (χ1n) is 4.38. The Kier molecular flexibility index (Phi) is 2.29. The molecule has 1 fully saturated rings. The van der Waals surface area contributed by atoms with Crippen molar-refractivity contribution in [2.24, 2.45) is 0 Å². The highest BCUT2D eigenvalue weighted by Gasteiger charge is 2.30. The van der Waals surface area contributed by atoms with E-state index in [9.17, 15) is 8.42 Å². The van der Waals surface area contributed by atoms with Crippen molar-refractivity contribution in [3.63, 3.8) is 0 Å². The molecule has 0 saturated carbocycles. The van der Waals surface area contributed by atoms with Gasteiger partial charge in [0.1, 0.15) is 4.21 Å². The molecule has 4 nitrogen and oxygen atoms in total. The van der Waals surface area contributed by atoms with Crippen LogP contribution in [0, 0.1) is 6.92 Å². The molecule has 1 saturated heterocycles.